The Labute approximate surface area is 211 Å². The Morgan fingerprint density at radius 2 is 1.94 bits per heavy atom. The zero-order chi connectivity index (χ0) is 24.5. The van der Waals surface area contributed by atoms with Gasteiger partial charge in [-0.2, -0.15) is 0 Å². The van der Waals surface area contributed by atoms with E-state index < -0.39 is 11.0 Å². The molecular weight excluding hydrogens is 488 g/mol. The van der Waals surface area contributed by atoms with E-state index >= 15 is 0 Å². The third-order valence-electron chi connectivity index (χ3n) is 5.80. The van der Waals surface area contributed by atoms with E-state index in [1.165, 1.54) is 6.07 Å². The minimum Gasteiger partial charge on any atom is -0.495 e. The first-order valence-corrected chi connectivity index (χ1v) is 11.4. The van der Waals surface area contributed by atoms with E-state index in [0.717, 1.165) is 11.4 Å². The van der Waals surface area contributed by atoms with Crippen LogP contribution in [0.1, 0.15) is 23.5 Å². The van der Waals surface area contributed by atoms with Gasteiger partial charge in [0.1, 0.15) is 23.3 Å². The number of rotatable bonds is 6. The summed E-state index contributed by atoms with van der Waals surface area (Å²) in [7, 11) is 1.55. The van der Waals surface area contributed by atoms with Gasteiger partial charge in [0.05, 0.1) is 34.4 Å². The van der Waals surface area contributed by atoms with Crippen LogP contribution in [0.4, 0.5) is 11.4 Å². The van der Waals surface area contributed by atoms with Crippen LogP contribution in [-0.2, 0) is 0 Å². The molecule has 1 N–H and O–H groups in total. The number of nitrogens with one attached hydrogen (secondary N) is 1. The van der Waals surface area contributed by atoms with Crippen LogP contribution in [0.15, 0.2) is 83.4 Å². The van der Waals surface area contributed by atoms with Crippen molar-refractivity contribution in [2.45, 2.75) is 12.1 Å². The van der Waals surface area contributed by atoms with Crippen molar-refractivity contribution in [1.29, 1.82) is 0 Å². The molecule has 1 aliphatic rings. The third kappa shape index (κ3) is 4.20. The van der Waals surface area contributed by atoms with Crippen molar-refractivity contribution in [3.8, 4) is 17.1 Å². The predicted molar refractivity (Wildman–Crippen MR) is 137 cm³/mol. The summed E-state index contributed by atoms with van der Waals surface area (Å²) in [5.41, 5.74) is 1.87. The molecule has 1 aliphatic heterocycles. The fourth-order valence-electron chi connectivity index (χ4n) is 4.22. The van der Waals surface area contributed by atoms with E-state index in [9.17, 15) is 10.1 Å². The van der Waals surface area contributed by atoms with E-state index in [0.29, 0.717) is 33.0 Å². The summed E-state index contributed by atoms with van der Waals surface area (Å²) < 4.78 is 11.5. The molecule has 4 aromatic rings. The van der Waals surface area contributed by atoms with Crippen molar-refractivity contribution in [2.24, 2.45) is 0 Å². The van der Waals surface area contributed by atoms with Crippen LogP contribution < -0.4 is 15.0 Å². The lowest BCUT2D eigenvalue weighted by Crippen LogP contribution is -2.29. The number of ether oxygens (including phenoxy) is 1. The first-order valence-electron chi connectivity index (χ1n) is 10.7. The molecule has 176 valence electrons. The SMILES string of the molecule is COc1ccc(N2C(=S)N[C@@H](c3ccccn3)[C@H]2c2ccc(-c3ccccc3[N+](=O)[O-])o2)cc1Cl. The molecule has 0 spiro atoms. The van der Waals surface area contributed by atoms with E-state index in [4.69, 9.17) is 33.0 Å². The monoisotopic (exact) mass is 506 g/mol. The van der Waals surface area contributed by atoms with Crippen molar-refractivity contribution in [3.63, 3.8) is 0 Å². The minimum atomic E-state index is -0.432. The zero-order valence-electron chi connectivity index (χ0n) is 18.4. The number of methoxy groups -OCH3 is 1. The standard InChI is InChI=1S/C25H19ClN4O4S/c1-33-21-10-9-15(14-17(21)26)29-24(23(28-25(29)35)18-7-4-5-13-27-18)22-12-11-20(34-22)16-6-2-3-8-19(16)30(31)32/h2-14,23-24H,1H3,(H,28,35)/t23-,24+/m0/s1. The van der Waals surface area contributed by atoms with Crippen molar-refractivity contribution < 1.29 is 14.1 Å². The molecule has 2 aromatic heterocycles. The zero-order valence-corrected chi connectivity index (χ0v) is 20.0. The molecule has 1 saturated heterocycles. The highest BCUT2D eigenvalue weighted by Crippen LogP contribution is 2.44. The first-order chi connectivity index (χ1) is 17.0. The number of furan rings is 1. The Morgan fingerprint density at radius 3 is 2.66 bits per heavy atom. The molecule has 3 heterocycles. The van der Waals surface area contributed by atoms with Gasteiger partial charge in [-0.3, -0.25) is 15.1 Å². The number of hydrogen-bond acceptors (Lipinski definition) is 6. The molecule has 0 saturated carbocycles. The Balaban J connectivity index is 1.62. The lowest BCUT2D eigenvalue weighted by Gasteiger charge is -2.26. The molecule has 10 heteroatoms. The number of anilines is 1. The summed E-state index contributed by atoms with van der Waals surface area (Å²) >= 11 is 12.1. The van der Waals surface area contributed by atoms with Gasteiger partial charge in [0, 0.05) is 18.0 Å². The number of nitro benzene ring substituents is 1. The molecule has 5 rings (SSSR count). The summed E-state index contributed by atoms with van der Waals surface area (Å²) in [5.74, 6) is 1.49. The average molecular weight is 507 g/mol. The van der Waals surface area contributed by atoms with Gasteiger partial charge in [0.2, 0.25) is 0 Å². The van der Waals surface area contributed by atoms with Gasteiger partial charge < -0.3 is 19.4 Å². The lowest BCUT2D eigenvalue weighted by molar-refractivity contribution is -0.384. The molecule has 8 nitrogen and oxygen atoms in total. The first kappa shape index (κ1) is 22.8. The largest absolute Gasteiger partial charge is 0.495 e. The van der Waals surface area contributed by atoms with Crippen molar-refractivity contribution in [1.82, 2.24) is 10.3 Å². The number of hydrogen-bond donors (Lipinski definition) is 1. The topological polar surface area (TPSA) is 93.7 Å². The number of nitro groups is 1. The quantitative estimate of drug-likeness (QED) is 0.191. The highest BCUT2D eigenvalue weighted by Gasteiger charge is 2.43. The number of halogens is 1. The maximum atomic E-state index is 11.6. The average Bonchev–Trinajstić information content (AvgIpc) is 3.49. The van der Waals surface area contributed by atoms with Crippen molar-refractivity contribution in [3.05, 3.63) is 106 Å². The van der Waals surface area contributed by atoms with Crippen LogP contribution in [-0.4, -0.2) is 22.1 Å². The number of benzene rings is 2. The molecule has 35 heavy (non-hydrogen) atoms. The fourth-order valence-corrected chi connectivity index (χ4v) is 4.82. The Bertz CT molecular complexity index is 1410. The molecule has 0 aliphatic carbocycles. The molecule has 0 radical (unpaired) electrons. The third-order valence-corrected chi connectivity index (χ3v) is 6.41. The van der Waals surface area contributed by atoms with Gasteiger partial charge in [0.25, 0.3) is 5.69 Å². The Morgan fingerprint density at radius 1 is 1.14 bits per heavy atom. The summed E-state index contributed by atoms with van der Waals surface area (Å²) in [6.07, 6.45) is 1.71. The molecule has 0 unspecified atom stereocenters. The van der Waals surface area contributed by atoms with Gasteiger partial charge >= 0.3 is 0 Å². The highest BCUT2D eigenvalue weighted by atomic mass is 35.5. The normalized spacial score (nSPS) is 17.3. The van der Waals surface area contributed by atoms with E-state index in [1.54, 1.807) is 55.8 Å². The number of thiocarbonyl (C=S) groups is 1. The molecule has 2 aromatic carbocycles. The Kier molecular flexibility index (Phi) is 6.10. The predicted octanol–water partition coefficient (Wildman–Crippen LogP) is 6.09. The Hall–Kier alpha value is -3.95. The second kappa shape index (κ2) is 9.36. The highest BCUT2D eigenvalue weighted by molar-refractivity contribution is 7.80. The second-order valence-corrected chi connectivity index (χ2v) is 8.59. The van der Waals surface area contributed by atoms with Gasteiger partial charge in [0.15, 0.2) is 5.11 Å². The molecule has 1 fully saturated rings. The van der Waals surface area contributed by atoms with Crippen LogP contribution in [0.3, 0.4) is 0 Å². The minimum absolute atomic E-state index is 0.0338. The molecule has 0 bridgehead atoms. The van der Waals surface area contributed by atoms with Gasteiger partial charge in [-0.05, 0) is 60.7 Å². The maximum Gasteiger partial charge on any atom is 0.280 e. The van der Waals surface area contributed by atoms with E-state index in [1.807, 2.05) is 29.2 Å². The van der Waals surface area contributed by atoms with Crippen molar-refractivity contribution >= 4 is 40.3 Å². The number of para-hydroxylation sites is 1. The maximum absolute atomic E-state index is 11.6. The smallest absolute Gasteiger partial charge is 0.280 e. The van der Waals surface area contributed by atoms with Gasteiger partial charge in [-0.25, -0.2) is 0 Å². The van der Waals surface area contributed by atoms with Crippen LogP contribution in [0.5, 0.6) is 5.75 Å². The number of nitrogens with zero attached hydrogens (tertiary/aromatic N) is 3. The summed E-state index contributed by atoms with van der Waals surface area (Å²) in [4.78, 5) is 17.6. The summed E-state index contributed by atoms with van der Waals surface area (Å²) in [5, 5.41) is 15.8. The van der Waals surface area contributed by atoms with Crippen LogP contribution >= 0.6 is 23.8 Å². The van der Waals surface area contributed by atoms with Gasteiger partial charge in [-0.15, -0.1) is 0 Å². The van der Waals surface area contributed by atoms with E-state index in [-0.39, 0.29) is 11.7 Å². The van der Waals surface area contributed by atoms with Crippen LogP contribution in [0, 0.1) is 10.1 Å². The number of aromatic nitrogens is 1. The van der Waals surface area contributed by atoms with Crippen LogP contribution in [0.25, 0.3) is 11.3 Å². The lowest BCUT2D eigenvalue weighted by atomic mass is 10.0. The van der Waals surface area contributed by atoms with Crippen molar-refractivity contribution in [2.75, 3.05) is 12.0 Å². The summed E-state index contributed by atoms with van der Waals surface area (Å²) in [6.45, 7) is 0. The van der Waals surface area contributed by atoms with Crippen LogP contribution in [0.2, 0.25) is 5.02 Å². The summed E-state index contributed by atoms with van der Waals surface area (Å²) in [6, 6.07) is 20.3. The van der Waals surface area contributed by atoms with Gasteiger partial charge in [-0.1, -0.05) is 29.8 Å². The molecule has 2 atom stereocenters. The number of pyridine rings is 1. The molecule has 0 amide bonds. The van der Waals surface area contributed by atoms with E-state index in [2.05, 4.69) is 10.3 Å². The fraction of sp³-hybridized carbons (Fsp3) is 0.120. The second-order valence-electron chi connectivity index (χ2n) is 7.79. The molecular formula is C25H19ClN4O4S.